The lowest BCUT2D eigenvalue weighted by atomic mass is 10.4. The Morgan fingerprint density at radius 1 is 1.47 bits per heavy atom. The molecule has 2 rings (SSSR count). The van der Waals surface area contributed by atoms with Crippen LogP contribution in [0.4, 0.5) is 0 Å². The fourth-order valence-electron chi connectivity index (χ4n) is 1.30. The quantitative estimate of drug-likeness (QED) is 0.845. The van der Waals surface area contributed by atoms with E-state index in [-0.39, 0.29) is 0 Å². The van der Waals surface area contributed by atoms with Gasteiger partial charge in [-0.2, -0.15) is 0 Å². The van der Waals surface area contributed by atoms with Crippen molar-refractivity contribution in [2.75, 3.05) is 0 Å². The first kappa shape index (κ1) is 10.4. The van der Waals surface area contributed by atoms with E-state index in [1.165, 1.54) is 4.88 Å². The molecule has 2 aromatic rings. The average molecular weight is 222 g/mol. The molecule has 0 atom stereocenters. The minimum Gasteiger partial charge on any atom is -0.444 e. The van der Waals surface area contributed by atoms with Crippen molar-refractivity contribution in [2.24, 2.45) is 0 Å². The highest BCUT2D eigenvalue weighted by atomic mass is 32.1. The highest BCUT2D eigenvalue weighted by Crippen LogP contribution is 2.08. The Bertz CT molecular complexity index is 394. The maximum Gasteiger partial charge on any atom is 0.208 e. The van der Waals surface area contributed by atoms with Gasteiger partial charge in [-0.3, -0.25) is 0 Å². The molecule has 1 N–H and O–H groups in total. The van der Waals surface area contributed by atoms with Crippen molar-refractivity contribution in [3.05, 3.63) is 40.2 Å². The molecule has 0 spiro atoms. The van der Waals surface area contributed by atoms with Gasteiger partial charge in [-0.25, -0.2) is 4.98 Å². The van der Waals surface area contributed by atoms with Crippen LogP contribution in [0.2, 0.25) is 0 Å². The molecule has 0 saturated heterocycles. The molecule has 0 saturated carbocycles. The van der Waals surface area contributed by atoms with E-state index in [1.54, 1.807) is 17.5 Å². The first-order chi connectivity index (χ1) is 7.38. The second-order valence-corrected chi connectivity index (χ2v) is 4.29. The van der Waals surface area contributed by atoms with Gasteiger partial charge in [-0.15, -0.1) is 11.3 Å². The molecule has 0 aliphatic rings. The van der Waals surface area contributed by atoms with Crippen LogP contribution >= 0.6 is 11.3 Å². The molecule has 0 amide bonds. The second-order valence-electron chi connectivity index (χ2n) is 3.26. The summed E-state index contributed by atoms with van der Waals surface area (Å²) in [7, 11) is 0. The van der Waals surface area contributed by atoms with Crippen LogP contribution in [0.15, 0.2) is 28.1 Å². The Hall–Kier alpha value is -1.13. The summed E-state index contributed by atoms with van der Waals surface area (Å²) >= 11 is 1.75. The maximum absolute atomic E-state index is 5.48. The smallest absolute Gasteiger partial charge is 0.208 e. The van der Waals surface area contributed by atoms with Gasteiger partial charge in [0.1, 0.15) is 5.76 Å². The summed E-state index contributed by atoms with van der Waals surface area (Å²) < 4.78 is 5.48. The number of aryl methyl sites for hydroxylation is 1. The van der Waals surface area contributed by atoms with Crippen LogP contribution in [0.3, 0.4) is 0 Å². The molecule has 4 heteroatoms. The SMILES string of the molecule is CCc1cnc(CNCc2cccs2)o1. The molecular weight excluding hydrogens is 208 g/mol. The Morgan fingerprint density at radius 3 is 3.07 bits per heavy atom. The third-order valence-electron chi connectivity index (χ3n) is 2.11. The first-order valence-electron chi connectivity index (χ1n) is 5.05. The van der Waals surface area contributed by atoms with Crippen LogP contribution in [0.5, 0.6) is 0 Å². The van der Waals surface area contributed by atoms with Gasteiger partial charge in [0.25, 0.3) is 0 Å². The predicted octanol–water partition coefficient (Wildman–Crippen LogP) is 2.59. The summed E-state index contributed by atoms with van der Waals surface area (Å²) in [5, 5.41) is 5.38. The number of hydrogen-bond donors (Lipinski definition) is 1. The van der Waals surface area contributed by atoms with Gasteiger partial charge >= 0.3 is 0 Å². The number of nitrogens with one attached hydrogen (secondary N) is 1. The van der Waals surface area contributed by atoms with Gasteiger partial charge in [0, 0.05) is 17.8 Å². The molecule has 0 fully saturated rings. The van der Waals surface area contributed by atoms with Gasteiger partial charge in [-0.05, 0) is 11.4 Å². The Balaban J connectivity index is 1.78. The van der Waals surface area contributed by atoms with Crippen LogP contribution in [0.25, 0.3) is 0 Å². The second kappa shape index (κ2) is 5.09. The average Bonchev–Trinajstić information content (AvgIpc) is 2.88. The van der Waals surface area contributed by atoms with Crippen molar-refractivity contribution in [1.82, 2.24) is 10.3 Å². The Labute approximate surface area is 93.2 Å². The summed E-state index contributed by atoms with van der Waals surface area (Å²) in [4.78, 5) is 5.51. The lowest BCUT2D eigenvalue weighted by Gasteiger charge is -1.98. The lowest BCUT2D eigenvalue weighted by molar-refractivity contribution is 0.439. The van der Waals surface area contributed by atoms with Crippen LogP contribution in [-0.4, -0.2) is 4.98 Å². The largest absolute Gasteiger partial charge is 0.444 e. The van der Waals surface area contributed by atoms with Gasteiger partial charge in [-0.1, -0.05) is 13.0 Å². The van der Waals surface area contributed by atoms with Crippen molar-refractivity contribution in [3.8, 4) is 0 Å². The van der Waals surface area contributed by atoms with E-state index >= 15 is 0 Å². The normalized spacial score (nSPS) is 10.7. The number of hydrogen-bond acceptors (Lipinski definition) is 4. The van der Waals surface area contributed by atoms with E-state index in [2.05, 4.69) is 34.7 Å². The number of aromatic nitrogens is 1. The standard InChI is InChI=1S/C11H14N2OS/c1-2-9-6-13-11(14-9)8-12-7-10-4-3-5-15-10/h3-6,12H,2,7-8H2,1H3. The third kappa shape index (κ3) is 2.91. The van der Waals surface area contributed by atoms with E-state index in [0.717, 1.165) is 24.6 Å². The number of oxazole rings is 1. The number of nitrogens with zero attached hydrogens (tertiary/aromatic N) is 1. The minimum absolute atomic E-state index is 0.692. The highest BCUT2D eigenvalue weighted by molar-refractivity contribution is 7.09. The first-order valence-corrected chi connectivity index (χ1v) is 5.93. The third-order valence-corrected chi connectivity index (χ3v) is 2.98. The van der Waals surface area contributed by atoms with Crippen LogP contribution < -0.4 is 5.32 Å². The summed E-state index contributed by atoms with van der Waals surface area (Å²) in [6.45, 7) is 3.63. The van der Waals surface area contributed by atoms with E-state index in [4.69, 9.17) is 4.42 Å². The summed E-state index contributed by atoms with van der Waals surface area (Å²) in [6.07, 6.45) is 2.69. The predicted molar refractivity (Wildman–Crippen MR) is 60.7 cm³/mol. The Kier molecular flexibility index (Phi) is 3.53. The molecule has 15 heavy (non-hydrogen) atoms. The summed E-state index contributed by atoms with van der Waals surface area (Å²) in [6, 6.07) is 4.17. The molecule has 0 aliphatic carbocycles. The Morgan fingerprint density at radius 2 is 2.40 bits per heavy atom. The van der Waals surface area contributed by atoms with Crippen molar-refractivity contribution in [1.29, 1.82) is 0 Å². The molecule has 2 heterocycles. The fourth-order valence-corrected chi connectivity index (χ4v) is 1.97. The zero-order valence-corrected chi connectivity index (χ0v) is 9.51. The monoisotopic (exact) mass is 222 g/mol. The topological polar surface area (TPSA) is 38.1 Å². The van der Waals surface area contributed by atoms with Crippen LogP contribution in [-0.2, 0) is 19.5 Å². The molecular formula is C11H14N2OS. The van der Waals surface area contributed by atoms with Gasteiger partial charge in [0.2, 0.25) is 5.89 Å². The molecule has 0 aliphatic heterocycles. The van der Waals surface area contributed by atoms with E-state index in [0.29, 0.717) is 6.54 Å². The zero-order chi connectivity index (χ0) is 10.5. The van der Waals surface area contributed by atoms with E-state index in [1.807, 2.05) is 0 Å². The molecule has 2 aromatic heterocycles. The molecule has 3 nitrogen and oxygen atoms in total. The van der Waals surface area contributed by atoms with Crippen molar-refractivity contribution in [2.45, 2.75) is 26.4 Å². The zero-order valence-electron chi connectivity index (χ0n) is 8.69. The molecule has 0 radical (unpaired) electrons. The number of rotatable bonds is 5. The molecule has 0 aromatic carbocycles. The van der Waals surface area contributed by atoms with Crippen molar-refractivity contribution in [3.63, 3.8) is 0 Å². The van der Waals surface area contributed by atoms with Crippen LogP contribution in [0.1, 0.15) is 23.5 Å². The molecule has 0 bridgehead atoms. The van der Waals surface area contributed by atoms with Gasteiger partial charge in [0.15, 0.2) is 0 Å². The van der Waals surface area contributed by atoms with Crippen LogP contribution in [0, 0.1) is 0 Å². The van der Waals surface area contributed by atoms with Gasteiger partial charge in [0.05, 0.1) is 12.7 Å². The molecule has 0 unspecified atom stereocenters. The lowest BCUT2D eigenvalue weighted by Crippen LogP contribution is -2.11. The van der Waals surface area contributed by atoms with Crippen molar-refractivity contribution < 1.29 is 4.42 Å². The highest BCUT2D eigenvalue weighted by Gasteiger charge is 2.01. The number of thiophene rings is 1. The fraction of sp³-hybridized carbons (Fsp3) is 0.364. The maximum atomic E-state index is 5.48. The van der Waals surface area contributed by atoms with Crippen molar-refractivity contribution >= 4 is 11.3 Å². The molecule has 80 valence electrons. The van der Waals surface area contributed by atoms with Gasteiger partial charge < -0.3 is 9.73 Å². The summed E-state index contributed by atoms with van der Waals surface area (Å²) in [5.41, 5.74) is 0. The summed E-state index contributed by atoms with van der Waals surface area (Å²) in [5.74, 6) is 1.71. The minimum atomic E-state index is 0.692. The van der Waals surface area contributed by atoms with E-state index < -0.39 is 0 Å². The van der Waals surface area contributed by atoms with E-state index in [9.17, 15) is 0 Å².